The molecule has 6 nitrogen and oxygen atoms in total. The number of carbonyl (C=O) groups is 2. The maximum atomic E-state index is 11.8. The highest BCUT2D eigenvalue weighted by atomic mass is 16.5. The minimum Gasteiger partial charge on any atom is -0.469 e. The molecule has 1 aliphatic rings. The van der Waals surface area contributed by atoms with Crippen LogP contribution in [-0.4, -0.2) is 42.3 Å². The van der Waals surface area contributed by atoms with Crippen LogP contribution < -0.4 is 0 Å². The Kier molecular flexibility index (Phi) is 4.32. The molecule has 1 amide bonds. The number of hydrogen-bond acceptors (Lipinski definition) is 4. The molecule has 0 aromatic heterocycles. The van der Waals surface area contributed by atoms with Crippen LogP contribution in [0.2, 0.25) is 0 Å². The summed E-state index contributed by atoms with van der Waals surface area (Å²) in [5.41, 5.74) is -0.840. The summed E-state index contributed by atoms with van der Waals surface area (Å²) in [6.07, 6.45) is 0.509. The van der Waals surface area contributed by atoms with Gasteiger partial charge in [-0.15, -0.1) is 0 Å². The Labute approximate surface area is 99.8 Å². The second kappa shape index (κ2) is 5.53. The Morgan fingerprint density at radius 2 is 2.18 bits per heavy atom. The molecule has 1 aliphatic heterocycles. The molecule has 1 rings (SSSR count). The second-order valence-electron chi connectivity index (χ2n) is 4.23. The summed E-state index contributed by atoms with van der Waals surface area (Å²) in [6, 6.07) is 2.00. The lowest BCUT2D eigenvalue weighted by Crippen LogP contribution is -2.35. The lowest BCUT2D eigenvalue weighted by molar-refractivity contribution is -0.153. The molecular weight excluding hydrogens is 224 g/mol. The monoisotopic (exact) mass is 240 g/mol. The molecule has 1 N–H and O–H groups in total. The number of hydrogen-bond donors (Lipinski definition) is 1. The third-order valence-corrected chi connectivity index (χ3v) is 3.25. The Balaban J connectivity index is 2.83. The van der Waals surface area contributed by atoms with E-state index in [1.54, 1.807) is 0 Å². The molecule has 0 radical (unpaired) electrons. The third kappa shape index (κ3) is 2.87. The van der Waals surface area contributed by atoms with E-state index in [9.17, 15) is 9.59 Å². The van der Waals surface area contributed by atoms with Crippen molar-refractivity contribution in [3.8, 4) is 6.07 Å². The predicted molar refractivity (Wildman–Crippen MR) is 58.1 cm³/mol. The van der Waals surface area contributed by atoms with E-state index in [1.807, 2.05) is 6.07 Å². The number of nitrogens with zero attached hydrogens (tertiary/aromatic N) is 2. The van der Waals surface area contributed by atoms with Crippen LogP contribution in [0.15, 0.2) is 0 Å². The lowest BCUT2D eigenvalue weighted by Gasteiger charge is -2.26. The van der Waals surface area contributed by atoms with Gasteiger partial charge in [-0.1, -0.05) is 0 Å². The first-order chi connectivity index (χ1) is 8.05. The lowest BCUT2D eigenvalue weighted by atomic mass is 9.78. The zero-order chi connectivity index (χ0) is 12.9. The van der Waals surface area contributed by atoms with Crippen molar-refractivity contribution in [2.45, 2.75) is 25.7 Å². The van der Waals surface area contributed by atoms with Gasteiger partial charge in [-0.2, -0.15) is 5.26 Å². The number of esters is 1. The van der Waals surface area contributed by atoms with Crippen molar-refractivity contribution in [3.63, 3.8) is 0 Å². The van der Waals surface area contributed by atoms with Crippen LogP contribution in [0.4, 0.5) is 4.79 Å². The highest BCUT2D eigenvalue weighted by Gasteiger charge is 2.41. The van der Waals surface area contributed by atoms with Gasteiger partial charge in [-0.25, -0.2) is 4.79 Å². The van der Waals surface area contributed by atoms with Crippen LogP contribution in [0, 0.1) is 16.7 Å². The van der Waals surface area contributed by atoms with E-state index in [4.69, 9.17) is 15.1 Å². The van der Waals surface area contributed by atoms with E-state index in [0.717, 1.165) is 0 Å². The number of ether oxygens (including phenoxy) is 1. The first-order valence-electron chi connectivity index (χ1n) is 5.49. The van der Waals surface area contributed by atoms with E-state index < -0.39 is 17.5 Å². The van der Waals surface area contributed by atoms with Crippen LogP contribution in [0.3, 0.4) is 0 Å². The Morgan fingerprint density at radius 1 is 1.47 bits per heavy atom. The molecule has 0 aromatic carbocycles. The largest absolute Gasteiger partial charge is 0.469 e. The molecule has 1 unspecified atom stereocenters. The van der Waals surface area contributed by atoms with Gasteiger partial charge in [0, 0.05) is 13.1 Å². The molecule has 0 bridgehead atoms. The number of methoxy groups -OCH3 is 1. The zero-order valence-corrected chi connectivity index (χ0v) is 9.81. The van der Waals surface area contributed by atoms with Crippen molar-refractivity contribution < 1.29 is 19.4 Å². The van der Waals surface area contributed by atoms with E-state index in [0.29, 0.717) is 25.8 Å². The Bertz CT molecular complexity index is 350. The van der Waals surface area contributed by atoms with Gasteiger partial charge in [-0.05, 0) is 19.3 Å². The standard InChI is InChI=1S/C11H16N2O4/c1-17-9(14)11(4-6-12)3-2-7-13(8-5-11)10(15)16/h2-5,7-8H2,1H3,(H,15,16). The van der Waals surface area contributed by atoms with E-state index in [2.05, 4.69) is 0 Å². The number of carbonyl (C=O) groups excluding carboxylic acids is 1. The summed E-state index contributed by atoms with van der Waals surface area (Å²) in [7, 11) is 1.29. The Hall–Kier alpha value is -1.77. The van der Waals surface area contributed by atoms with E-state index in [1.165, 1.54) is 12.0 Å². The maximum absolute atomic E-state index is 11.8. The van der Waals surface area contributed by atoms with Gasteiger partial charge in [0.25, 0.3) is 0 Å². The van der Waals surface area contributed by atoms with E-state index >= 15 is 0 Å². The topological polar surface area (TPSA) is 90.6 Å². The average Bonchev–Trinajstić information content (AvgIpc) is 2.52. The van der Waals surface area contributed by atoms with Gasteiger partial charge >= 0.3 is 12.1 Å². The van der Waals surface area contributed by atoms with Crippen LogP contribution >= 0.6 is 0 Å². The number of likely N-dealkylation sites (tertiary alicyclic amines) is 1. The zero-order valence-electron chi connectivity index (χ0n) is 9.81. The summed E-state index contributed by atoms with van der Waals surface area (Å²) in [4.78, 5) is 23.9. The van der Waals surface area contributed by atoms with Crippen molar-refractivity contribution >= 4 is 12.1 Å². The van der Waals surface area contributed by atoms with Crippen molar-refractivity contribution in [2.24, 2.45) is 5.41 Å². The number of carboxylic acid groups (broad SMARTS) is 1. The van der Waals surface area contributed by atoms with Gasteiger partial charge in [-0.3, -0.25) is 4.79 Å². The summed E-state index contributed by atoms with van der Waals surface area (Å²) in [6.45, 7) is 0.672. The molecular formula is C11H16N2O4. The highest BCUT2D eigenvalue weighted by molar-refractivity contribution is 5.77. The van der Waals surface area contributed by atoms with Crippen LogP contribution in [0.5, 0.6) is 0 Å². The SMILES string of the molecule is COC(=O)C1(CC#N)CCCN(C(=O)O)CC1. The molecule has 1 fully saturated rings. The molecule has 0 saturated carbocycles. The first-order valence-corrected chi connectivity index (χ1v) is 5.49. The molecule has 1 atom stereocenters. The maximum Gasteiger partial charge on any atom is 0.407 e. The molecule has 1 saturated heterocycles. The molecule has 94 valence electrons. The molecule has 6 heteroatoms. The highest BCUT2D eigenvalue weighted by Crippen LogP contribution is 2.36. The van der Waals surface area contributed by atoms with Gasteiger partial charge in [0.05, 0.1) is 25.0 Å². The third-order valence-electron chi connectivity index (χ3n) is 3.25. The molecule has 1 heterocycles. The number of amides is 1. The van der Waals surface area contributed by atoms with E-state index in [-0.39, 0.29) is 13.0 Å². The smallest absolute Gasteiger partial charge is 0.407 e. The van der Waals surface area contributed by atoms with Crippen LogP contribution in [0.1, 0.15) is 25.7 Å². The second-order valence-corrected chi connectivity index (χ2v) is 4.23. The van der Waals surface area contributed by atoms with Gasteiger partial charge in [0.2, 0.25) is 0 Å². The van der Waals surface area contributed by atoms with Crippen molar-refractivity contribution in [2.75, 3.05) is 20.2 Å². The fourth-order valence-electron chi connectivity index (χ4n) is 2.21. The normalized spacial score (nSPS) is 24.6. The summed E-state index contributed by atoms with van der Waals surface area (Å²) in [5, 5.41) is 17.7. The van der Waals surface area contributed by atoms with Crippen molar-refractivity contribution in [3.05, 3.63) is 0 Å². The average molecular weight is 240 g/mol. The summed E-state index contributed by atoms with van der Waals surface area (Å²) < 4.78 is 4.74. The molecule has 0 spiro atoms. The molecule has 0 aliphatic carbocycles. The summed E-state index contributed by atoms with van der Waals surface area (Å²) in [5.74, 6) is -0.411. The van der Waals surface area contributed by atoms with Crippen LogP contribution in [-0.2, 0) is 9.53 Å². The minimum absolute atomic E-state index is 0.0765. The summed E-state index contributed by atoms with van der Waals surface area (Å²) >= 11 is 0. The number of nitriles is 1. The van der Waals surface area contributed by atoms with Crippen molar-refractivity contribution in [1.29, 1.82) is 5.26 Å². The van der Waals surface area contributed by atoms with Crippen LogP contribution in [0.25, 0.3) is 0 Å². The Morgan fingerprint density at radius 3 is 2.71 bits per heavy atom. The number of rotatable bonds is 2. The molecule has 17 heavy (non-hydrogen) atoms. The van der Waals surface area contributed by atoms with Gasteiger partial charge in [0.1, 0.15) is 0 Å². The van der Waals surface area contributed by atoms with Gasteiger partial charge < -0.3 is 14.7 Å². The minimum atomic E-state index is -0.984. The quantitative estimate of drug-likeness (QED) is 0.733. The first kappa shape index (κ1) is 13.3. The van der Waals surface area contributed by atoms with Gasteiger partial charge in [0.15, 0.2) is 0 Å². The molecule has 0 aromatic rings. The fraction of sp³-hybridized carbons (Fsp3) is 0.727. The van der Waals surface area contributed by atoms with Crippen molar-refractivity contribution in [1.82, 2.24) is 4.90 Å². The fourth-order valence-corrected chi connectivity index (χ4v) is 2.21. The predicted octanol–water partition coefficient (Wildman–Crippen LogP) is 1.22.